The van der Waals surface area contributed by atoms with Crippen LogP contribution < -0.4 is 0 Å². The van der Waals surface area contributed by atoms with Gasteiger partial charge >= 0.3 is 5.97 Å². The summed E-state index contributed by atoms with van der Waals surface area (Å²) in [6.45, 7) is 3.70. The van der Waals surface area contributed by atoms with Gasteiger partial charge in [0.2, 0.25) is 0 Å². The molecular formula is C14H18O3. The number of aliphatic hydroxyl groups is 1. The van der Waals surface area contributed by atoms with Crippen LogP contribution in [0, 0.1) is 5.92 Å². The lowest BCUT2D eigenvalue weighted by atomic mass is 9.92. The van der Waals surface area contributed by atoms with Gasteiger partial charge in [-0.25, -0.2) is 0 Å². The highest BCUT2D eigenvalue weighted by Gasteiger charge is 2.18. The van der Waals surface area contributed by atoms with Gasteiger partial charge in [0.15, 0.2) is 0 Å². The molecule has 0 aliphatic carbocycles. The number of hydrogen-bond donors (Lipinski definition) is 1. The summed E-state index contributed by atoms with van der Waals surface area (Å²) >= 11 is 0. The van der Waals surface area contributed by atoms with Crippen LogP contribution in [0.3, 0.4) is 0 Å². The molecule has 0 unspecified atom stereocenters. The first-order chi connectivity index (χ1) is 8.19. The Kier molecular flexibility index (Phi) is 5.43. The topological polar surface area (TPSA) is 46.5 Å². The minimum atomic E-state index is -0.627. The van der Waals surface area contributed by atoms with Crippen molar-refractivity contribution in [1.29, 1.82) is 0 Å². The lowest BCUT2D eigenvalue weighted by Gasteiger charge is -2.19. The van der Waals surface area contributed by atoms with Gasteiger partial charge in [-0.15, -0.1) is 6.58 Å². The average molecular weight is 234 g/mol. The first-order valence-electron chi connectivity index (χ1n) is 5.61. The Hall–Kier alpha value is -1.61. The standard InChI is InChI=1S/C14H18O3/c1-3-11(9-10-13(15)17-2)14(16)12-7-5-4-6-8-12/h3-8,11,14,16H,1,9-10H2,2H3/t11-,14+/m0/s1. The van der Waals surface area contributed by atoms with Gasteiger partial charge in [-0.1, -0.05) is 36.4 Å². The molecule has 0 aliphatic heterocycles. The molecule has 0 aliphatic rings. The Balaban J connectivity index is 2.61. The zero-order valence-electron chi connectivity index (χ0n) is 10.0. The van der Waals surface area contributed by atoms with E-state index in [0.717, 1.165) is 5.56 Å². The molecule has 1 N–H and O–H groups in total. The number of carbonyl (C=O) groups is 1. The molecule has 0 spiro atoms. The Bertz CT molecular complexity index is 359. The fourth-order valence-electron chi connectivity index (χ4n) is 1.69. The normalized spacial score (nSPS) is 13.8. The molecule has 0 fully saturated rings. The number of aliphatic hydroxyl groups excluding tert-OH is 1. The molecule has 0 aromatic heterocycles. The fraction of sp³-hybridized carbons (Fsp3) is 0.357. The van der Waals surface area contributed by atoms with Crippen molar-refractivity contribution in [3.05, 3.63) is 48.6 Å². The lowest BCUT2D eigenvalue weighted by Crippen LogP contribution is -2.12. The van der Waals surface area contributed by atoms with Crippen molar-refractivity contribution in [3.8, 4) is 0 Å². The van der Waals surface area contributed by atoms with E-state index < -0.39 is 6.10 Å². The van der Waals surface area contributed by atoms with Crippen LogP contribution in [0.4, 0.5) is 0 Å². The van der Waals surface area contributed by atoms with E-state index in [0.29, 0.717) is 6.42 Å². The van der Waals surface area contributed by atoms with Gasteiger partial charge in [-0.05, 0) is 12.0 Å². The number of carbonyl (C=O) groups excluding carboxylic acids is 1. The molecule has 3 nitrogen and oxygen atoms in total. The Morgan fingerprint density at radius 2 is 2.12 bits per heavy atom. The highest BCUT2D eigenvalue weighted by Crippen LogP contribution is 2.26. The third-order valence-corrected chi connectivity index (χ3v) is 2.76. The number of hydrogen-bond acceptors (Lipinski definition) is 3. The molecule has 92 valence electrons. The van der Waals surface area contributed by atoms with Crippen molar-refractivity contribution in [2.24, 2.45) is 5.92 Å². The molecular weight excluding hydrogens is 216 g/mol. The maximum Gasteiger partial charge on any atom is 0.305 e. The molecule has 0 radical (unpaired) electrons. The Morgan fingerprint density at radius 1 is 1.47 bits per heavy atom. The van der Waals surface area contributed by atoms with Gasteiger partial charge in [0.25, 0.3) is 0 Å². The second-order valence-electron chi connectivity index (χ2n) is 3.87. The number of rotatable bonds is 6. The smallest absolute Gasteiger partial charge is 0.305 e. The van der Waals surface area contributed by atoms with Crippen molar-refractivity contribution in [2.75, 3.05) is 7.11 Å². The third-order valence-electron chi connectivity index (χ3n) is 2.76. The maximum absolute atomic E-state index is 11.1. The van der Waals surface area contributed by atoms with E-state index in [4.69, 9.17) is 0 Å². The van der Waals surface area contributed by atoms with Crippen molar-refractivity contribution < 1.29 is 14.6 Å². The van der Waals surface area contributed by atoms with Gasteiger partial charge in [-0.3, -0.25) is 4.79 Å². The van der Waals surface area contributed by atoms with Crippen LogP contribution in [0.25, 0.3) is 0 Å². The first kappa shape index (κ1) is 13.5. The molecule has 0 bridgehead atoms. The van der Waals surface area contributed by atoms with Crippen molar-refractivity contribution in [1.82, 2.24) is 0 Å². The van der Waals surface area contributed by atoms with E-state index in [1.807, 2.05) is 30.3 Å². The third kappa shape index (κ3) is 4.04. The van der Waals surface area contributed by atoms with Crippen LogP contribution in [-0.2, 0) is 9.53 Å². The molecule has 0 heterocycles. The molecule has 1 aromatic carbocycles. The zero-order chi connectivity index (χ0) is 12.7. The van der Waals surface area contributed by atoms with E-state index in [1.165, 1.54) is 7.11 Å². The zero-order valence-corrected chi connectivity index (χ0v) is 10.0. The van der Waals surface area contributed by atoms with E-state index in [-0.39, 0.29) is 18.3 Å². The van der Waals surface area contributed by atoms with Crippen molar-refractivity contribution in [3.63, 3.8) is 0 Å². The molecule has 0 amide bonds. The quantitative estimate of drug-likeness (QED) is 0.607. The predicted molar refractivity (Wildman–Crippen MR) is 66.3 cm³/mol. The second-order valence-corrected chi connectivity index (χ2v) is 3.87. The highest BCUT2D eigenvalue weighted by molar-refractivity contribution is 5.69. The number of ether oxygens (including phenoxy) is 1. The lowest BCUT2D eigenvalue weighted by molar-refractivity contribution is -0.141. The Labute approximate surface area is 102 Å². The van der Waals surface area contributed by atoms with Crippen LogP contribution in [0.15, 0.2) is 43.0 Å². The summed E-state index contributed by atoms with van der Waals surface area (Å²) in [6.07, 6.45) is 1.88. The van der Waals surface area contributed by atoms with Crippen molar-refractivity contribution >= 4 is 5.97 Å². The molecule has 17 heavy (non-hydrogen) atoms. The molecule has 2 atom stereocenters. The summed E-state index contributed by atoms with van der Waals surface area (Å²) in [5.41, 5.74) is 0.835. The highest BCUT2D eigenvalue weighted by atomic mass is 16.5. The molecule has 1 aromatic rings. The predicted octanol–water partition coefficient (Wildman–Crippen LogP) is 2.48. The molecule has 0 saturated carbocycles. The maximum atomic E-state index is 11.1. The summed E-state index contributed by atoms with van der Waals surface area (Å²) in [5, 5.41) is 10.1. The summed E-state index contributed by atoms with van der Waals surface area (Å²) < 4.78 is 4.58. The molecule has 3 heteroatoms. The van der Waals surface area contributed by atoms with Gasteiger partial charge in [0, 0.05) is 12.3 Å². The summed E-state index contributed by atoms with van der Waals surface area (Å²) in [5.74, 6) is -0.409. The van der Waals surface area contributed by atoms with Crippen LogP contribution in [0.5, 0.6) is 0 Å². The summed E-state index contributed by atoms with van der Waals surface area (Å²) in [7, 11) is 1.36. The first-order valence-corrected chi connectivity index (χ1v) is 5.61. The van der Waals surface area contributed by atoms with Gasteiger partial charge in [0.05, 0.1) is 13.2 Å². The van der Waals surface area contributed by atoms with Gasteiger partial charge < -0.3 is 9.84 Å². The van der Waals surface area contributed by atoms with E-state index in [1.54, 1.807) is 6.08 Å². The van der Waals surface area contributed by atoms with E-state index in [2.05, 4.69) is 11.3 Å². The second kappa shape index (κ2) is 6.86. The average Bonchev–Trinajstić information content (AvgIpc) is 2.39. The summed E-state index contributed by atoms with van der Waals surface area (Å²) in [6, 6.07) is 9.37. The van der Waals surface area contributed by atoms with Gasteiger partial charge in [-0.2, -0.15) is 0 Å². The van der Waals surface area contributed by atoms with E-state index >= 15 is 0 Å². The fourth-order valence-corrected chi connectivity index (χ4v) is 1.69. The molecule has 0 saturated heterocycles. The summed E-state index contributed by atoms with van der Waals surface area (Å²) in [4.78, 5) is 11.1. The van der Waals surface area contributed by atoms with Crippen LogP contribution in [-0.4, -0.2) is 18.2 Å². The monoisotopic (exact) mass is 234 g/mol. The van der Waals surface area contributed by atoms with Gasteiger partial charge in [0.1, 0.15) is 0 Å². The Morgan fingerprint density at radius 3 is 2.65 bits per heavy atom. The minimum absolute atomic E-state index is 0.142. The van der Waals surface area contributed by atoms with Crippen LogP contribution >= 0.6 is 0 Å². The van der Waals surface area contributed by atoms with Crippen molar-refractivity contribution in [2.45, 2.75) is 18.9 Å². The number of benzene rings is 1. The number of methoxy groups -OCH3 is 1. The SMILES string of the molecule is C=C[C@@H](CCC(=O)OC)[C@@H](O)c1ccccc1. The molecule has 1 rings (SSSR count). The van der Waals surface area contributed by atoms with E-state index in [9.17, 15) is 9.90 Å². The van der Waals surface area contributed by atoms with Crippen LogP contribution in [0.2, 0.25) is 0 Å². The largest absolute Gasteiger partial charge is 0.469 e. The van der Waals surface area contributed by atoms with Crippen LogP contribution in [0.1, 0.15) is 24.5 Å². The minimum Gasteiger partial charge on any atom is -0.469 e. The number of esters is 1.